The largest absolute Gasteiger partial charge is 0.356 e. The minimum Gasteiger partial charge on any atom is -0.356 e. The molecule has 0 atom stereocenters. The van der Waals surface area contributed by atoms with Crippen LogP contribution in [0.25, 0.3) is 5.57 Å². The fraction of sp³-hybridized carbons (Fsp3) is 0.603. The SMILES string of the molecule is C=C(CCF)C(=O)C(C)C.C=C/C(F)=C(\C=C/C)N/C(C)=C(C)/C(=C\C(=C)c1ccc2c(c1)N(C1CC(CCC)C1)C(=O)C2(CCC)CCC)N=CCC.CC(C)C.CCCCCCC. The molecule has 2 aliphatic rings. The van der Waals surface area contributed by atoms with Crippen molar-refractivity contribution in [2.75, 3.05) is 11.6 Å². The van der Waals surface area contributed by atoms with Gasteiger partial charge in [-0.1, -0.05) is 172 Å². The number of benzene rings is 1. The van der Waals surface area contributed by atoms with E-state index in [4.69, 9.17) is 4.99 Å². The highest BCUT2D eigenvalue weighted by Crippen LogP contribution is 2.52. The van der Waals surface area contributed by atoms with Gasteiger partial charge in [-0.3, -0.25) is 19.0 Å². The van der Waals surface area contributed by atoms with Gasteiger partial charge in [0.25, 0.3) is 0 Å². The molecule has 1 heterocycles. The maximum absolute atomic E-state index is 14.4. The Morgan fingerprint density at radius 1 is 0.938 bits per heavy atom. The number of nitrogens with zero attached hydrogens (tertiary/aromatic N) is 2. The van der Waals surface area contributed by atoms with E-state index in [0.717, 1.165) is 84.7 Å². The summed E-state index contributed by atoms with van der Waals surface area (Å²) in [5.74, 6) is 1.33. The fourth-order valence-corrected chi connectivity index (χ4v) is 8.12. The summed E-state index contributed by atoms with van der Waals surface area (Å²) in [4.78, 5) is 32.2. The summed E-state index contributed by atoms with van der Waals surface area (Å²) < 4.78 is 26.1. The topological polar surface area (TPSA) is 61.8 Å². The number of halogens is 2. The second kappa shape index (κ2) is 33.4. The third-order valence-corrected chi connectivity index (χ3v) is 11.6. The number of rotatable bonds is 24. The fourth-order valence-electron chi connectivity index (χ4n) is 8.12. The predicted octanol–water partition coefficient (Wildman–Crippen LogP) is 17.4. The number of hydrogen-bond donors (Lipinski definition) is 1. The summed E-state index contributed by atoms with van der Waals surface area (Å²) in [6.45, 7) is 40.0. The Bertz CT molecular complexity index is 1770. The Morgan fingerprint density at radius 2 is 1.52 bits per heavy atom. The van der Waals surface area contributed by atoms with Crippen molar-refractivity contribution >= 4 is 29.2 Å². The van der Waals surface area contributed by atoms with Gasteiger partial charge in [-0.25, -0.2) is 4.39 Å². The zero-order chi connectivity index (χ0) is 49.7. The molecular formula is C58H93F2N3O2. The average molecular weight is 902 g/mol. The smallest absolute Gasteiger partial charge is 0.237 e. The molecule has 5 nitrogen and oxygen atoms in total. The van der Waals surface area contributed by atoms with E-state index in [0.29, 0.717) is 23.1 Å². The average Bonchev–Trinajstić information content (AvgIpc) is 3.48. The van der Waals surface area contributed by atoms with Crippen LogP contribution in [0.2, 0.25) is 0 Å². The lowest BCUT2D eigenvalue weighted by Crippen LogP contribution is -2.50. The number of Topliss-reactive ketones (excluding diaryl/α,β-unsaturated/α-hetero) is 1. The molecule has 1 aliphatic carbocycles. The molecule has 1 aliphatic heterocycles. The lowest BCUT2D eigenvalue weighted by molar-refractivity contribution is -0.124. The summed E-state index contributed by atoms with van der Waals surface area (Å²) in [6, 6.07) is 6.76. The first kappa shape index (κ1) is 60.9. The molecule has 1 aromatic carbocycles. The number of carbonyl (C=O) groups excluding carboxylic acids is 2. The summed E-state index contributed by atoms with van der Waals surface area (Å²) in [5.41, 5.74) is 6.76. The number of fused-ring (bicyclic) bond motifs is 1. The number of ketones is 1. The summed E-state index contributed by atoms with van der Waals surface area (Å²) in [5, 5.41) is 3.19. The number of anilines is 1. The minimum atomic E-state index is -0.489. The molecule has 1 aromatic rings. The van der Waals surface area contributed by atoms with Crippen molar-refractivity contribution in [2.45, 2.75) is 205 Å². The Kier molecular flexibility index (Phi) is 31.2. The van der Waals surface area contributed by atoms with Crippen LogP contribution in [-0.2, 0) is 15.0 Å². The number of hydrogen-bond acceptors (Lipinski definition) is 4. The first-order valence-electron chi connectivity index (χ1n) is 25.1. The zero-order valence-corrected chi connectivity index (χ0v) is 43.8. The Labute approximate surface area is 397 Å². The van der Waals surface area contributed by atoms with Crippen molar-refractivity contribution in [1.82, 2.24) is 5.32 Å². The molecule has 1 fully saturated rings. The van der Waals surface area contributed by atoms with E-state index < -0.39 is 17.9 Å². The second-order valence-electron chi connectivity index (χ2n) is 18.7. The van der Waals surface area contributed by atoms with Crippen molar-refractivity contribution < 1.29 is 18.4 Å². The number of unbranched alkanes of at least 4 members (excludes halogenated alkanes) is 4. The van der Waals surface area contributed by atoms with E-state index in [-0.39, 0.29) is 24.2 Å². The molecular weight excluding hydrogens is 809 g/mol. The highest BCUT2D eigenvalue weighted by Gasteiger charge is 2.53. The van der Waals surface area contributed by atoms with E-state index in [1.807, 2.05) is 40.0 Å². The molecule has 0 aromatic heterocycles. The van der Waals surface area contributed by atoms with Crippen LogP contribution in [0.3, 0.4) is 0 Å². The molecule has 65 heavy (non-hydrogen) atoms. The van der Waals surface area contributed by atoms with Gasteiger partial charge in [0.2, 0.25) is 5.91 Å². The first-order valence-corrected chi connectivity index (χ1v) is 25.1. The third kappa shape index (κ3) is 20.1. The normalized spacial score (nSPS) is 17.2. The lowest BCUT2D eigenvalue weighted by atomic mass is 9.73. The molecule has 1 amide bonds. The van der Waals surface area contributed by atoms with Gasteiger partial charge in [0.05, 0.1) is 23.5 Å². The summed E-state index contributed by atoms with van der Waals surface area (Å²) >= 11 is 0. The number of allylic oxidation sites excluding steroid dienone is 9. The highest BCUT2D eigenvalue weighted by molar-refractivity contribution is 6.09. The van der Waals surface area contributed by atoms with Crippen LogP contribution < -0.4 is 10.2 Å². The van der Waals surface area contributed by atoms with Crippen molar-refractivity contribution in [1.29, 1.82) is 0 Å². The highest BCUT2D eigenvalue weighted by atomic mass is 19.1. The third-order valence-electron chi connectivity index (χ3n) is 11.6. The van der Waals surface area contributed by atoms with Gasteiger partial charge >= 0.3 is 0 Å². The number of amides is 1. The van der Waals surface area contributed by atoms with Crippen molar-refractivity contribution in [2.24, 2.45) is 22.7 Å². The van der Waals surface area contributed by atoms with E-state index in [1.54, 1.807) is 26.0 Å². The number of nitrogens with one attached hydrogen (secondary N) is 1. The van der Waals surface area contributed by atoms with E-state index >= 15 is 0 Å². The maximum atomic E-state index is 14.4. The van der Waals surface area contributed by atoms with Crippen LogP contribution in [0.5, 0.6) is 0 Å². The van der Waals surface area contributed by atoms with E-state index in [9.17, 15) is 18.4 Å². The van der Waals surface area contributed by atoms with E-state index in [1.165, 1.54) is 56.6 Å². The van der Waals surface area contributed by atoms with Crippen LogP contribution in [0.15, 0.2) is 101 Å². The Morgan fingerprint density at radius 3 is 1.98 bits per heavy atom. The van der Waals surface area contributed by atoms with Gasteiger partial charge in [-0.2, -0.15) is 0 Å². The van der Waals surface area contributed by atoms with Crippen LogP contribution in [-0.4, -0.2) is 30.6 Å². The molecule has 0 bridgehead atoms. The van der Waals surface area contributed by atoms with Crippen molar-refractivity contribution in [3.05, 3.63) is 107 Å². The molecule has 7 heteroatoms. The van der Waals surface area contributed by atoms with Crippen LogP contribution in [0.4, 0.5) is 14.5 Å². The quantitative estimate of drug-likeness (QED) is 0.0487. The van der Waals surface area contributed by atoms with E-state index in [2.05, 4.69) is 104 Å². The van der Waals surface area contributed by atoms with Gasteiger partial charge in [-0.15, -0.1) is 0 Å². The van der Waals surface area contributed by atoms with Crippen LogP contribution in [0, 0.1) is 17.8 Å². The molecule has 0 saturated heterocycles. The monoisotopic (exact) mass is 902 g/mol. The van der Waals surface area contributed by atoms with Gasteiger partial charge < -0.3 is 10.2 Å². The van der Waals surface area contributed by atoms with Crippen LogP contribution in [0.1, 0.15) is 204 Å². The number of carbonyl (C=O) groups is 2. The standard InChI is InChI=1S/C39H54FN3O.C8H13FO.C7H16.C4H10/c1-10-16-30-24-32(25-30)43-37-26-31(18-19-33(37)39(20-12-3,21-13-4)38(43)44)27(7)23-36(41-22-14-5)28(8)29(9)42-35(17-11-2)34(40)15-6;1-6(2)8(10)7(3)4-5-9;1-3-5-7-6-4-2;1-4(2)3/h11,15,17-19,22-23,26,30,32,42H,6-7,10,12-14,16,20-21,24-25H2,1-5,8-9H3;6H,3-5H2,1-2H3;3-7H2,1-2H3;4H,1-3H3/b17-11-,29-28+,35-34-,36-23+,41-22?;;;. The molecule has 0 radical (unpaired) electrons. The van der Waals surface area contributed by atoms with Gasteiger partial charge in [0.1, 0.15) is 5.83 Å². The minimum absolute atomic E-state index is 0.0300. The molecule has 0 spiro atoms. The number of alkyl halides is 1. The molecule has 1 N–H and O–H groups in total. The van der Waals surface area contributed by atoms with Gasteiger partial charge in [0.15, 0.2) is 5.78 Å². The number of aliphatic imine (C=N–C) groups is 1. The van der Waals surface area contributed by atoms with Gasteiger partial charge in [-0.05, 0) is 117 Å². The molecule has 1 saturated carbocycles. The van der Waals surface area contributed by atoms with Crippen molar-refractivity contribution in [3.8, 4) is 0 Å². The Balaban J connectivity index is 0.00000160. The summed E-state index contributed by atoms with van der Waals surface area (Å²) in [6.07, 6.45) is 24.8. The maximum Gasteiger partial charge on any atom is 0.237 e. The van der Waals surface area contributed by atoms with Crippen LogP contribution >= 0.6 is 0 Å². The second-order valence-corrected chi connectivity index (χ2v) is 18.7. The summed E-state index contributed by atoms with van der Waals surface area (Å²) in [7, 11) is 0. The van der Waals surface area contributed by atoms with Crippen molar-refractivity contribution in [3.63, 3.8) is 0 Å². The lowest BCUT2D eigenvalue weighted by Gasteiger charge is -2.42. The Hall–Kier alpha value is -4.13. The predicted molar refractivity (Wildman–Crippen MR) is 282 cm³/mol. The zero-order valence-electron chi connectivity index (χ0n) is 43.8. The molecule has 3 rings (SSSR count). The molecule has 0 unspecified atom stereocenters. The first-order chi connectivity index (χ1) is 30.9. The van der Waals surface area contributed by atoms with Gasteiger partial charge in [0, 0.05) is 36.0 Å². The molecule has 366 valence electrons.